The van der Waals surface area contributed by atoms with Crippen LogP contribution in [0.5, 0.6) is 0 Å². The van der Waals surface area contributed by atoms with Crippen LogP contribution in [0.1, 0.15) is 13.3 Å². The van der Waals surface area contributed by atoms with Gasteiger partial charge in [-0.3, -0.25) is 4.79 Å². The highest BCUT2D eigenvalue weighted by atomic mass is 16.6. The van der Waals surface area contributed by atoms with E-state index in [0.717, 1.165) is 0 Å². The molecule has 0 heterocycles. The lowest BCUT2D eigenvalue weighted by atomic mass is 10.5. The highest BCUT2D eigenvalue weighted by molar-refractivity contribution is 5.70. The molecule has 0 atom stereocenters. The molecule has 0 amide bonds. The molecule has 0 aliphatic rings. The minimum Gasteiger partial charge on any atom is -0.467 e. The number of carbonyl (C=O) groups excluding carboxylic acids is 2. The lowest BCUT2D eigenvalue weighted by Gasteiger charge is -2.09. The Morgan fingerprint density at radius 1 is 0.432 bits per heavy atom. The zero-order valence-electron chi connectivity index (χ0n) is 22.4. The third kappa shape index (κ3) is 30.7. The molecule has 220 valence electrons. The van der Waals surface area contributed by atoms with Gasteiger partial charge in [-0.05, 0) is 6.92 Å². The molecule has 0 fully saturated rings. The summed E-state index contributed by atoms with van der Waals surface area (Å²) in [4.78, 5) is 21.9. The smallest absolute Gasteiger partial charge is 0.331 e. The van der Waals surface area contributed by atoms with E-state index in [4.69, 9.17) is 47.4 Å². The SMILES string of the molecule is CCOC(=O)CCOCCOCCOCCOCCOCCOCCOCCOCCOCC(=O)OC. The standard InChI is InChI=1S/C24H46O13/c1-3-37-23(25)4-5-28-6-7-29-8-9-30-10-11-31-12-13-32-14-15-33-16-17-34-18-19-35-20-21-36-22-24(26)27-2/h3-22H2,1-2H3. The summed E-state index contributed by atoms with van der Waals surface area (Å²) in [5, 5.41) is 0. The Balaban J connectivity index is 3.06. The van der Waals surface area contributed by atoms with Gasteiger partial charge in [0, 0.05) is 0 Å². The highest BCUT2D eigenvalue weighted by Crippen LogP contribution is 1.89. The molecule has 0 aliphatic heterocycles. The summed E-state index contributed by atoms with van der Waals surface area (Å²) in [6.07, 6.45) is 0.254. The molecule has 0 aromatic rings. The molecule has 37 heavy (non-hydrogen) atoms. The summed E-state index contributed by atoms with van der Waals surface area (Å²) in [5.41, 5.74) is 0. The van der Waals surface area contributed by atoms with Crippen LogP contribution in [-0.2, 0) is 61.7 Å². The fraction of sp³-hybridized carbons (Fsp3) is 0.917. The lowest BCUT2D eigenvalue weighted by molar-refractivity contribution is -0.146. The largest absolute Gasteiger partial charge is 0.467 e. The van der Waals surface area contributed by atoms with Gasteiger partial charge in [0.25, 0.3) is 0 Å². The summed E-state index contributed by atoms with van der Waals surface area (Å²) in [6.45, 7) is 9.71. The topological polar surface area (TPSA) is 136 Å². The zero-order chi connectivity index (χ0) is 27.1. The van der Waals surface area contributed by atoms with Crippen molar-refractivity contribution >= 4 is 11.9 Å². The van der Waals surface area contributed by atoms with Crippen molar-refractivity contribution in [3.63, 3.8) is 0 Å². The van der Waals surface area contributed by atoms with Crippen molar-refractivity contribution in [1.29, 1.82) is 0 Å². The van der Waals surface area contributed by atoms with Crippen molar-refractivity contribution in [3.8, 4) is 0 Å². The molecule has 13 nitrogen and oxygen atoms in total. The number of carbonyl (C=O) groups is 2. The van der Waals surface area contributed by atoms with Crippen molar-refractivity contribution in [2.45, 2.75) is 13.3 Å². The van der Waals surface area contributed by atoms with Crippen molar-refractivity contribution in [2.24, 2.45) is 0 Å². The van der Waals surface area contributed by atoms with Crippen molar-refractivity contribution in [1.82, 2.24) is 0 Å². The van der Waals surface area contributed by atoms with Crippen molar-refractivity contribution < 1.29 is 61.7 Å². The predicted octanol–water partition coefficient (Wildman–Crippen LogP) is 0.262. The van der Waals surface area contributed by atoms with Gasteiger partial charge in [-0.25, -0.2) is 4.79 Å². The van der Waals surface area contributed by atoms with Gasteiger partial charge in [0.15, 0.2) is 0 Å². The van der Waals surface area contributed by atoms with Crippen LogP contribution in [-0.4, -0.2) is 145 Å². The molecule has 0 saturated carbocycles. The monoisotopic (exact) mass is 542 g/mol. The van der Waals surface area contributed by atoms with E-state index in [2.05, 4.69) is 4.74 Å². The fourth-order valence-electron chi connectivity index (χ4n) is 2.36. The molecular weight excluding hydrogens is 496 g/mol. The predicted molar refractivity (Wildman–Crippen MR) is 131 cm³/mol. The summed E-state index contributed by atoms with van der Waals surface area (Å²) >= 11 is 0. The van der Waals surface area contributed by atoms with E-state index < -0.39 is 5.97 Å². The summed E-state index contributed by atoms with van der Waals surface area (Å²) < 4.78 is 57.3. The molecule has 0 aliphatic carbocycles. The van der Waals surface area contributed by atoms with Crippen molar-refractivity contribution in [3.05, 3.63) is 0 Å². The number of hydrogen-bond acceptors (Lipinski definition) is 13. The van der Waals surface area contributed by atoms with Crippen LogP contribution in [0.3, 0.4) is 0 Å². The first kappa shape index (κ1) is 35.6. The summed E-state index contributed by atoms with van der Waals surface area (Å²) in [5.74, 6) is -0.664. The fourth-order valence-corrected chi connectivity index (χ4v) is 2.36. The maximum Gasteiger partial charge on any atom is 0.331 e. The minimum atomic E-state index is -0.410. The van der Waals surface area contributed by atoms with Crippen LogP contribution in [0.4, 0.5) is 0 Å². The van der Waals surface area contributed by atoms with Gasteiger partial charge in [0.1, 0.15) is 6.61 Å². The number of esters is 2. The Bertz CT molecular complexity index is 493. The average molecular weight is 543 g/mol. The quantitative estimate of drug-likeness (QED) is 0.0908. The van der Waals surface area contributed by atoms with Crippen molar-refractivity contribution in [2.75, 3.05) is 133 Å². The Morgan fingerprint density at radius 2 is 0.730 bits per heavy atom. The second-order valence-corrected chi connectivity index (χ2v) is 7.08. The molecule has 0 aromatic heterocycles. The van der Waals surface area contributed by atoms with Crippen LogP contribution in [0.2, 0.25) is 0 Å². The van der Waals surface area contributed by atoms with E-state index in [1.54, 1.807) is 6.92 Å². The molecule has 0 rings (SSSR count). The Morgan fingerprint density at radius 3 is 1.03 bits per heavy atom. The van der Waals surface area contributed by atoms with Gasteiger partial charge in [0.2, 0.25) is 0 Å². The second-order valence-electron chi connectivity index (χ2n) is 7.08. The number of methoxy groups -OCH3 is 1. The molecule has 0 aromatic carbocycles. The number of rotatable bonds is 30. The molecule has 0 bridgehead atoms. The van der Waals surface area contributed by atoms with Crippen LogP contribution in [0, 0.1) is 0 Å². The van der Waals surface area contributed by atoms with Crippen LogP contribution < -0.4 is 0 Å². The van der Waals surface area contributed by atoms with Gasteiger partial charge in [-0.1, -0.05) is 0 Å². The van der Waals surface area contributed by atoms with Gasteiger partial charge < -0.3 is 52.1 Å². The summed E-state index contributed by atoms with van der Waals surface area (Å²) in [6, 6.07) is 0. The van der Waals surface area contributed by atoms with E-state index in [-0.39, 0.29) is 19.0 Å². The van der Waals surface area contributed by atoms with Crippen LogP contribution in [0.25, 0.3) is 0 Å². The lowest BCUT2D eigenvalue weighted by Crippen LogP contribution is -2.16. The summed E-state index contributed by atoms with van der Waals surface area (Å²) in [7, 11) is 1.31. The third-order valence-corrected chi connectivity index (χ3v) is 4.18. The first-order chi connectivity index (χ1) is 18.2. The molecular formula is C24H46O13. The van der Waals surface area contributed by atoms with Gasteiger partial charge >= 0.3 is 11.9 Å². The normalized spacial score (nSPS) is 11.1. The molecule has 13 heteroatoms. The first-order valence-corrected chi connectivity index (χ1v) is 12.6. The Kier molecular flexibility index (Phi) is 29.6. The van der Waals surface area contributed by atoms with Crippen LogP contribution >= 0.6 is 0 Å². The van der Waals surface area contributed by atoms with Gasteiger partial charge in [0.05, 0.1) is 132 Å². The average Bonchev–Trinajstić information content (AvgIpc) is 2.90. The third-order valence-electron chi connectivity index (χ3n) is 4.18. The number of ether oxygens (including phenoxy) is 11. The maximum absolute atomic E-state index is 11.1. The van der Waals surface area contributed by atoms with E-state index in [0.29, 0.717) is 119 Å². The molecule has 0 spiro atoms. The Labute approximate surface area is 220 Å². The first-order valence-electron chi connectivity index (χ1n) is 12.6. The Hall–Kier alpha value is -1.42. The van der Waals surface area contributed by atoms with Crippen LogP contribution in [0.15, 0.2) is 0 Å². The van der Waals surface area contributed by atoms with E-state index in [1.165, 1.54) is 7.11 Å². The molecule has 0 saturated heterocycles. The zero-order valence-corrected chi connectivity index (χ0v) is 22.4. The van der Waals surface area contributed by atoms with Gasteiger partial charge in [-0.2, -0.15) is 0 Å². The second kappa shape index (κ2) is 30.8. The van der Waals surface area contributed by atoms with E-state index in [1.807, 2.05) is 0 Å². The van der Waals surface area contributed by atoms with Gasteiger partial charge in [-0.15, -0.1) is 0 Å². The molecule has 0 radical (unpaired) electrons. The van der Waals surface area contributed by atoms with E-state index >= 15 is 0 Å². The maximum atomic E-state index is 11.1. The van der Waals surface area contributed by atoms with E-state index in [9.17, 15) is 9.59 Å². The number of hydrogen-bond donors (Lipinski definition) is 0. The minimum absolute atomic E-state index is 0.0719. The highest BCUT2D eigenvalue weighted by Gasteiger charge is 2.01. The molecule has 0 unspecified atom stereocenters. The molecule has 0 N–H and O–H groups in total.